The van der Waals surface area contributed by atoms with Crippen LogP contribution in [0.1, 0.15) is 16.7 Å². The van der Waals surface area contributed by atoms with E-state index in [1.807, 2.05) is 0 Å². The Hall–Kier alpha value is -1.71. The van der Waals surface area contributed by atoms with Gasteiger partial charge in [0.2, 0.25) is 11.1 Å². The summed E-state index contributed by atoms with van der Waals surface area (Å²) in [4.78, 5) is -0.501. The summed E-state index contributed by atoms with van der Waals surface area (Å²) in [5.41, 5.74) is 0.313. The fourth-order valence-corrected chi connectivity index (χ4v) is 5.39. The number of rotatable bonds is 7. The van der Waals surface area contributed by atoms with Crippen LogP contribution in [0.3, 0.4) is 0 Å². The van der Waals surface area contributed by atoms with Gasteiger partial charge in [0.1, 0.15) is 5.75 Å². The van der Waals surface area contributed by atoms with Crippen molar-refractivity contribution in [1.29, 1.82) is 0 Å². The molecule has 132 valence electrons. The lowest BCUT2D eigenvalue weighted by molar-refractivity contribution is 0.554. The van der Waals surface area contributed by atoms with E-state index in [0.29, 0.717) is 0 Å². The van der Waals surface area contributed by atoms with Crippen LogP contribution in [0.15, 0.2) is 45.8 Å². The molecule has 1 atom stereocenters. The maximum atomic E-state index is 12.3. The largest absolute Gasteiger partial charge is 0.397 e. The average Bonchev–Trinajstić information content (AvgIpc) is 2.50. The van der Waals surface area contributed by atoms with Crippen LogP contribution in [0.4, 0.5) is 0 Å². The van der Waals surface area contributed by atoms with E-state index in [1.54, 1.807) is 0 Å². The summed E-state index contributed by atoms with van der Waals surface area (Å²) >= 11 is -1.96. The van der Waals surface area contributed by atoms with Gasteiger partial charge in [-0.2, -0.15) is 0 Å². The lowest BCUT2D eigenvalue weighted by atomic mass is 10.1. The van der Waals surface area contributed by atoms with Gasteiger partial charge in [-0.1, -0.05) is 19.7 Å². The molecule has 0 N–H and O–H groups in total. The SMILES string of the molecule is C=CS(=O)Oc1c(C)c(S(=O)(=O)C=C)c(C)c(S(=O)(=O)C=C)c1C. The third-order valence-corrected chi connectivity index (χ3v) is 7.20. The summed E-state index contributed by atoms with van der Waals surface area (Å²) in [5, 5.41) is 2.44. The summed E-state index contributed by atoms with van der Waals surface area (Å²) < 4.78 is 66.2. The summed E-state index contributed by atoms with van der Waals surface area (Å²) in [7, 11) is -7.94. The monoisotopic (exact) mass is 390 g/mol. The van der Waals surface area contributed by atoms with Crippen LogP contribution in [0.5, 0.6) is 5.75 Å². The van der Waals surface area contributed by atoms with E-state index >= 15 is 0 Å². The second-order valence-electron chi connectivity index (χ2n) is 4.80. The van der Waals surface area contributed by atoms with Crippen LogP contribution in [-0.2, 0) is 30.8 Å². The molecule has 0 saturated carbocycles. The minimum absolute atomic E-state index is 0.0292. The summed E-state index contributed by atoms with van der Waals surface area (Å²) in [5.74, 6) is -0.0975. The quantitative estimate of drug-likeness (QED) is 0.710. The average molecular weight is 391 g/mol. The highest BCUT2D eigenvalue weighted by molar-refractivity contribution is 7.95. The molecule has 0 heterocycles. The second-order valence-corrected chi connectivity index (χ2v) is 9.48. The molecular weight excluding hydrogens is 372 g/mol. The Morgan fingerprint density at radius 2 is 1.21 bits per heavy atom. The van der Waals surface area contributed by atoms with Crippen LogP contribution in [0, 0.1) is 20.8 Å². The summed E-state index contributed by atoms with van der Waals surface area (Å²) in [6, 6.07) is 0. The molecular formula is C15H18O6S3. The zero-order chi connectivity index (χ0) is 18.9. The van der Waals surface area contributed by atoms with E-state index in [0.717, 1.165) is 16.2 Å². The van der Waals surface area contributed by atoms with Crippen LogP contribution in [0.25, 0.3) is 0 Å². The lowest BCUT2D eigenvalue weighted by Gasteiger charge is -2.19. The third-order valence-electron chi connectivity index (χ3n) is 3.35. The van der Waals surface area contributed by atoms with Crippen molar-refractivity contribution < 1.29 is 25.2 Å². The van der Waals surface area contributed by atoms with Crippen molar-refractivity contribution in [2.75, 3.05) is 0 Å². The van der Waals surface area contributed by atoms with E-state index < -0.39 is 30.8 Å². The van der Waals surface area contributed by atoms with Crippen molar-refractivity contribution in [3.8, 4) is 5.75 Å². The van der Waals surface area contributed by atoms with Crippen molar-refractivity contribution in [2.45, 2.75) is 30.6 Å². The van der Waals surface area contributed by atoms with E-state index in [-0.39, 0.29) is 32.2 Å². The predicted octanol–water partition coefficient (Wildman–Crippen LogP) is 2.63. The Balaban J connectivity index is 4.15. The number of benzene rings is 1. The summed E-state index contributed by atoms with van der Waals surface area (Å²) in [6.45, 7) is 14.1. The lowest BCUT2D eigenvalue weighted by Crippen LogP contribution is -2.13. The highest BCUT2D eigenvalue weighted by Gasteiger charge is 2.30. The molecule has 0 aliphatic carbocycles. The fraction of sp³-hybridized carbons (Fsp3) is 0.200. The highest BCUT2D eigenvalue weighted by atomic mass is 32.2. The molecule has 1 rings (SSSR count). The van der Waals surface area contributed by atoms with Gasteiger partial charge in [-0.15, -0.1) is 0 Å². The molecule has 0 amide bonds. The topological polar surface area (TPSA) is 94.6 Å². The normalized spacial score (nSPS) is 13.1. The fourth-order valence-electron chi connectivity index (χ4n) is 2.41. The summed E-state index contributed by atoms with van der Waals surface area (Å²) in [6.07, 6.45) is 0. The van der Waals surface area contributed by atoms with Gasteiger partial charge in [-0.05, 0) is 26.3 Å². The maximum Gasteiger partial charge on any atom is 0.232 e. The van der Waals surface area contributed by atoms with Crippen molar-refractivity contribution >= 4 is 30.8 Å². The number of sulfone groups is 2. The molecule has 0 spiro atoms. The van der Waals surface area contributed by atoms with Crippen LogP contribution >= 0.6 is 0 Å². The first-order valence-electron chi connectivity index (χ1n) is 6.54. The molecule has 0 radical (unpaired) electrons. The zero-order valence-electron chi connectivity index (χ0n) is 13.5. The Labute approximate surface area is 145 Å². The van der Waals surface area contributed by atoms with Gasteiger partial charge in [0, 0.05) is 27.4 Å². The molecule has 1 aromatic rings. The van der Waals surface area contributed by atoms with E-state index in [1.165, 1.54) is 20.8 Å². The second kappa shape index (κ2) is 7.04. The molecule has 1 aromatic carbocycles. The Morgan fingerprint density at radius 3 is 1.50 bits per heavy atom. The minimum atomic E-state index is -3.97. The third kappa shape index (κ3) is 3.52. The molecule has 0 aliphatic rings. The molecule has 24 heavy (non-hydrogen) atoms. The van der Waals surface area contributed by atoms with Crippen molar-refractivity contribution in [3.05, 3.63) is 52.7 Å². The Kier molecular flexibility index (Phi) is 5.96. The first-order chi connectivity index (χ1) is 10.9. The van der Waals surface area contributed by atoms with Crippen LogP contribution in [-0.4, -0.2) is 21.0 Å². The molecule has 0 fully saturated rings. The standard InChI is InChI=1S/C15H18O6S3/c1-7-22(16)21-13-10(4)14(23(17,18)8-2)12(6)15(11(13)5)24(19,20)9-3/h7-9H,1-3H2,4-6H3. The zero-order valence-corrected chi connectivity index (χ0v) is 16.0. The van der Waals surface area contributed by atoms with Gasteiger partial charge in [-0.3, -0.25) is 0 Å². The maximum absolute atomic E-state index is 12.3. The van der Waals surface area contributed by atoms with Crippen LogP contribution in [0.2, 0.25) is 0 Å². The van der Waals surface area contributed by atoms with Gasteiger partial charge < -0.3 is 4.18 Å². The van der Waals surface area contributed by atoms with Crippen LogP contribution < -0.4 is 4.18 Å². The molecule has 9 heteroatoms. The molecule has 0 bridgehead atoms. The number of hydrogen-bond acceptors (Lipinski definition) is 6. The van der Waals surface area contributed by atoms with Crippen molar-refractivity contribution in [3.63, 3.8) is 0 Å². The highest BCUT2D eigenvalue weighted by Crippen LogP contribution is 2.39. The Morgan fingerprint density at radius 1 is 0.833 bits per heavy atom. The minimum Gasteiger partial charge on any atom is -0.397 e. The van der Waals surface area contributed by atoms with E-state index in [9.17, 15) is 21.0 Å². The Bertz CT molecular complexity index is 888. The van der Waals surface area contributed by atoms with E-state index in [2.05, 4.69) is 19.7 Å². The van der Waals surface area contributed by atoms with Gasteiger partial charge in [0.05, 0.1) is 9.79 Å². The van der Waals surface area contributed by atoms with Crippen molar-refractivity contribution in [1.82, 2.24) is 0 Å². The molecule has 0 aromatic heterocycles. The first-order valence-corrected chi connectivity index (χ1v) is 10.8. The first kappa shape index (κ1) is 20.3. The van der Waals surface area contributed by atoms with Gasteiger partial charge in [0.15, 0.2) is 19.7 Å². The number of hydrogen-bond donors (Lipinski definition) is 0. The molecule has 6 nitrogen and oxygen atoms in total. The van der Waals surface area contributed by atoms with Crippen molar-refractivity contribution in [2.24, 2.45) is 0 Å². The molecule has 1 unspecified atom stereocenters. The van der Waals surface area contributed by atoms with E-state index in [4.69, 9.17) is 4.18 Å². The molecule has 0 aliphatic heterocycles. The van der Waals surface area contributed by atoms with Gasteiger partial charge in [-0.25, -0.2) is 21.0 Å². The molecule has 0 saturated heterocycles. The smallest absolute Gasteiger partial charge is 0.232 e. The van der Waals surface area contributed by atoms with Gasteiger partial charge in [0.25, 0.3) is 0 Å². The van der Waals surface area contributed by atoms with Gasteiger partial charge >= 0.3 is 0 Å². The predicted molar refractivity (Wildman–Crippen MR) is 94.4 cm³/mol.